The third kappa shape index (κ3) is 5.29. The van der Waals surface area contributed by atoms with E-state index >= 15 is 0 Å². The van der Waals surface area contributed by atoms with E-state index in [4.69, 9.17) is 14.6 Å². The molecule has 0 bridgehead atoms. The van der Waals surface area contributed by atoms with Crippen LogP contribution in [0.15, 0.2) is 24.5 Å². The van der Waals surface area contributed by atoms with E-state index in [0.29, 0.717) is 29.6 Å². The van der Waals surface area contributed by atoms with Crippen molar-refractivity contribution in [2.45, 2.75) is 39.0 Å². The van der Waals surface area contributed by atoms with E-state index in [1.807, 2.05) is 0 Å². The molecule has 1 aromatic heterocycles. The van der Waals surface area contributed by atoms with E-state index < -0.39 is 11.8 Å². The van der Waals surface area contributed by atoms with Gasteiger partial charge in [0.25, 0.3) is 0 Å². The van der Waals surface area contributed by atoms with Gasteiger partial charge in [0.1, 0.15) is 11.6 Å². The number of piperidine rings is 1. The van der Waals surface area contributed by atoms with E-state index in [9.17, 15) is 9.18 Å². The summed E-state index contributed by atoms with van der Waals surface area (Å²) in [6, 6.07) is 3.02. The van der Waals surface area contributed by atoms with E-state index in [0.717, 1.165) is 50.1 Å². The number of aliphatic carboxylic acids is 1. The molecule has 32 heavy (non-hydrogen) atoms. The Hall–Kier alpha value is -2.90. The number of carbonyl (C=O) groups is 1. The number of halogens is 1. The number of ether oxygens (including phenoxy) is 2. The first-order chi connectivity index (χ1) is 15.4. The Morgan fingerprint density at radius 1 is 1.22 bits per heavy atom. The van der Waals surface area contributed by atoms with Crippen LogP contribution in [0.2, 0.25) is 0 Å². The molecule has 172 valence electrons. The Kier molecular flexibility index (Phi) is 6.77. The highest BCUT2D eigenvalue weighted by molar-refractivity contribution is 5.71. The van der Waals surface area contributed by atoms with Gasteiger partial charge < -0.3 is 19.5 Å². The number of methoxy groups -OCH3 is 1. The minimum absolute atomic E-state index is 0.221. The van der Waals surface area contributed by atoms with Crippen molar-refractivity contribution in [3.8, 4) is 11.5 Å². The van der Waals surface area contributed by atoms with Crippen molar-refractivity contribution >= 4 is 11.9 Å². The number of nitrogens with zero attached hydrogens (tertiary/aromatic N) is 3. The van der Waals surface area contributed by atoms with Gasteiger partial charge in [-0.05, 0) is 62.0 Å². The molecule has 2 atom stereocenters. The summed E-state index contributed by atoms with van der Waals surface area (Å²) in [4.78, 5) is 21.9. The van der Waals surface area contributed by atoms with Crippen LogP contribution in [-0.4, -0.2) is 47.8 Å². The second-order valence-electron chi connectivity index (χ2n) is 8.82. The van der Waals surface area contributed by atoms with Crippen molar-refractivity contribution in [2.24, 2.45) is 17.8 Å². The molecule has 2 heterocycles. The summed E-state index contributed by atoms with van der Waals surface area (Å²) in [5.74, 6) is 2.49. The second-order valence-corrected chi connectivity index (χ2v) is 8.82. The smallest absolute Gasteiger partial charge is 0.307 e. The van der Waals surface area contributed by atoms with Crippen molar-refractivity contribution in [1.82, 2.24) is 9.97 Å². The van der Waals surface area contributed by atoms with Crippen molar-refractivity contribution in [2.75, 3.05) is 31.7 Å². The fourth-order valence-electron chi connectivity index (χ4n) is 4.82. The van der Waals surface area contributed by atoms with Gasteiger partial charge in [0, 0.05) is 24.7 Å². The van der Waals surface area contributed by atoms with Crippen LogP contribution < -0.4 is 14.4 Å². The van der Waals surface area contributed by atoms with Gasteiger partial charge in [-0.15, -0.1) is 0 Å². The largest absolute Gasteiger partial charge is 0.494 e. The maximum atomic E-state index is 14.2. The highest BCUT2D eigenvalue weighted by Gasteiger charge is 2.43. The van der Waals surface area contributed by atoms with Crippen LogP contribution in [0.4, 0.5) is 10.3 Å². The Labute approximate surface area is 187 Å². The molecule has 2 aromatic rings. The Morgan fingerprint density at radius 3 is 2.56 bits per heavy atom. The summed E-state index contributed by atoms with van der Waals surface area (Å²) in [6.45, 7) is 4.21. The van der Waals surface area contributed by atoms with Gasteiger partial charge in [-0.25, -0.2) is 14.4 Å². The van der Waals surface area contributed by atoms with Crippen LogP contribution in [0.5, 0.6) is 11.5 Å². The molecule has 1 saturated carbocycles. The molecule has 4 rings (SSSR count). The zero-order chi connectivity index (χ0) is 22.7. The van der Waals surface area contributed by atoms with Crippen LogP contribution >= 0.6 is 0 Å². The molecule has 0 radical (unpaired) electrons. The van der Waals surface area contributed by atoms with Gasteiger partial charge in [0.05, 0.1) is 32.5 Å². The van der Waals surface area contributed by atoms with Crippen LogP contribution in [0, 0.1) is 30.5 Å². The Balaban J connectivity index is 1.20. The lowest BCUT2D eigenvalue weighted by molar-refractivity contribution is -0.136. The molecule has 1 saturated heterocycles. The number of carboxylic acids is 1. The first kappa shape index (κ1) is 22.3. The first-order valence-corrected chi connectivity index (χ1v) is 11.2. The molecule has 0 unspecified atom stereocenters. The van der Waals surface area contributed by atoms with Crippen LogP contribution in [0.25, 0.3) is 0 Å². The SMILES string of the molecule is COc1cnc(N2CCC([C@H]3C[C@H]3CCOc3cc(C)c(CC(=O)O)c(F)c3)CC2)nc1. The molecule has 8 heteroatoms. The first-order valence-electron chi connectivity index (χ1n) is 11.2. The van der Waals surface area contributed by atoms with Gasteiger partial charge in [-0.3, -0.25) is 4.79 Å². The standard InChI is InChI=1S/C24H30FN3O4/c1-15-9-18(11-22(25)20(15)12-23(29)30)32-8-5-17-10-21(17)16-3-6-28(7-4-16)24-26-13-19(31-2)14-27-24/h9,11,13-14,16-17,21H,3-8,10,12H2,1-2H3,(H,29,30)/t17-,21-/m1/s1. The normalized spacial score (nSPS) is 20.8. The number of rotatable bonds is 9. The second kappa shape index (κ2) is 9.71. The Bertz CT molecular complexity index is 922. The van der Waals surface area contributed by atoms with E-state index in [1.54, 1.807) is 32.5 Å². The van der Waals surface area contributed by atoms with Crippen molar-refractivity contribution < 1.29 is 23.8 Å². The lowest BCUT2D eigenvalue weighted by atomic mass is 9.90. The quantitative estimate of drug-likeness (QED) is 0.629. The third-order valence-corrected chi connectivity index (χ3v) is 6.73. The van der Waals surface area contributed by atoms with Gasteiger partial charge in [0.15, 0.2) is 5.75 Å². The Morgan fingerprint density at radius 2 is 1.94 bits per heavy atom. The van der Waals surface area contributed by atoms with Crippen molar-refractivity contribution in [3.63, 3.8) is 0 Å². The molecular formula is C24H30FN3O4. The number of anilines is 1. The van der Waals surface area contributed by atoms with Crippen molar-refractivity contribution in [3.05, 3.63) is 41.5 Å². The number of aryl methyl sites for hydroxylation is 1. The topological polar surface area (TPSA) is 84.8 Å². The number of hydrogen-bond acceptors (Lipinski definition) is 6. The summed E-state index contributed by atoms with van der Waals surface area (Å²) in [7, 11) is 1.61. The zero-order valence-electron chi connectivity index (χ0n) is 18.6. The molecule has 1 aromatic carbocycles. The van der Waals surface area contributed by atoms with Gasteiger partial charge in [-0.1, -0.05) is 0 Å². The molecule has 1 N–H and O–H groups in total. The lowest BCUT2D eigenvalue weighted by Gasteiger charge is -2.32. The number of aromatic nitrogens is 2. The van der Waals surface area contributed by atoms with E-state index in [-0.39, 0.29) is 12.0 Å². The van der Waals surface area contributed by atoms with Crippen molar-refractivity contribution in [1.29, 1.82) is 0 Å². The third-order valence-electron chi connectivity index (χ3n) is 6.73. The van der Waals surface area contributed by atoms with Crippen LogP contribution in [0.1, 0.15) is 36.8 Å². The monoisotopic (exact) mass is 443 g/mol. The van der Waals surface area contributed by atoms with E-state index in [2.05, 4.69) is 14.9 Å². The molecular weight excluding hydrogens is 413 g/mol. The summed E-state index contributed by atoms with van der Waals surface area (Å²) in [5.41, 5.74) is 0.831. The summed E-state index contributed by atoms with van der Waals surface area (Å²) < 4.78 is 25.1. The minimum Gasteiger partial charge on any atom is -0.494 e. The van der Waals surface area contributed by atoms with E-state index in [1.165, 1.54) is 12.5 Å². The summed E-state index contributed by atoms with van der Waals surface area (Å²) in [5, 5.41) is 8.91. The molecule has 2 aliphatic rings. The van der Waals surface area contributed by atoms with Crippen LogP contribution in [-0.2, 0) is 11.2 Å². The van der Waals surface area contributed by atoms with Crippen LogP contribution in [0.3, 0.4) is 0 Å². The highest BCUT2D eigenvalue weighted by Crippen LogP contribution is 2.49. The number of carboxylic acid groups (broad SMARTS) is 1. The molecule has 0 amide bonds. The molecule has 7 nitrogen and oxygen atoms in total. The molecule has 0 spiro atoms. The summed E-state index contributed by atoms with van der Waals surface area (Å²) >= 11 is 0. The summed E-state index contributed by atoms with van der Waals surface area (Å²) in [6.07, 6.45) is 7.59. The highest BCUT2D eigenvalue weighted by atomic mass is 19.1. The molecule has 1 aliphatic heterocycles. The fraction of sp³-hybridized carbons (Fsp3) is 0.542. The van der Waals surface area contributed by atoms with Gasteiger partial charge >= 0.3 is 5.97 Å². The predicted molar refractivity (Wildman–Crippen MR) is 118 cm³/mol. The molecule has 1 aliphatic carbocycles. The molecule has 2 fully saturated rings. The maximum Gasteiger partial charge on any atom is 0.307 e. The lowest BCUT2D eigenvalue weighted by Crippen LogP contribution is -2.35. The van der Waals surface area contributed by atoms with Gasteiger partial charge in [0.2, 0.25) is 5.95 Å². The predicted octanol–water partition coefficient (Wildman–Crippen LogP) is 3.88. The number of hydrogen-bond donors (Lipinski definition) is 1. The minimum atomic E-state index is -1.04. The maximum absolute atomic E-state index is 14.2. The number of benzene rings is 1. The zero-order valence-corrected chi connectivity index (χ0v) is 18.6. The van der Waals surface area contributed by atoms with Gasteiger partial charge in [-0.2, -0.15) is 0 Å². The average Bonchev–Trinajstić information content (AvgIpc) is 3.56. The average molecular weight is 444 g/mol. The fourth-order valence-corrected chi connectivity index (χ4v) is 4.82.